The molecule has 2 aromatic rings. The van der Waals surface area contributed by atoms with Gasteiger partial charge in [0, 0.05) is 37.5 Å². The van der Waals surface area contributed by atoms with Crippen molar-refractivity contribution in [3.63, 3.8) is 0 Å². The SMILES string of the molecule is Cn1ccnc1CCC(N)c1ccccc1OC(F)F. The average molecular weight is 281 g/mol. The second-order valence-corrected chi connectivity index (χ2v) is 4.52. The highest BCUT2D eigenvalue weighted by atomic mass is 19.3. The van der Waals surface area contributed by atoms with E-state index in [-0.39, 0.29) is 11.8 Å². The van der Waals surface area contributed by atoms with Gasteiger partial charge < -0.3 is 15.0 Å². The van der Waals surface area contributed by atoms with Gasteiger partial charge in [-0.15, -0.1) is 0 Å². The molecule has 0 saturated carbocycles. The summed E-state index contributed by atoms with van der Waals surface area (Å²) in [4.78, 5) is 4.21. The summed E-state index contributed by atoms with van der Waals surface area (Å²) in [6.07, 6.45) is 4.85. The van der Waals surface area contributed by atoms with Crippen molar-refractivity contribution >= 4 is 0 Å². The number of hydrogen-bond donors (Lipinski definition) is 1. The number of hydrogen-bond acceptors (Lipinski definition) is 3. The molecular weight excluding hydrogens is 264 g/mol. The van der Waals surface area contributed by atoms with Crippen LogP contribution >= 0.6 is 0 Å². The monoisotopic (exact) mass is 281 g/mol. The number of nitrogens with two attached hydrogens (primary N) is 1. The minimum Gasteiger partial charge on any atom is -0.434 e. The van der Waals surface area contributed by atoms with Crippen molar-refractivity contribution in [2.45, 2.75) is 25.5 Å². The highest BCUT2D eigenvalue weighted by Gasteiger charge is 2.15. The molecule has 0 fully saturated rings. The lowest BCUT2D eigenvalue weighted by Crippen LogP contribution is -2.15. The van der Waals surface area contributed by atoms with E-state index >= 15 is 0 Å². The molecule has 108 valence electrons. The third-order valence-corrected chi connectivity index (χ3v) is 3.13. The summed E-state index contributed by atoms with van der Waals surface area (Å²) < 4.78 is 31.1. The highest BCUT2D eigenvalue weighted by Crippen LogP contribution is 2.27. The van der Waals surface area contributed by atoms with Crippen LogP contribution in [0.3, 0.4) is 0 Å². The number of aryl methyl sites for hydroxylation is 2. The Bertz CT molecular complexity index is 557. The molecule has 6 heteroatoms. The summed E-state index contributed by atoms with van der Waals surface area (Å²) >= 11 is 0. The van der Waals surface area contributed by atoms with Gasteiger partial charge in [-0.2, -0.15) is 8.78 Å². The zero-order valence-electron chi connectivity index (χ0n) is 11.2. The Balaban J connectivity index is 2.05. The molecular formula is C14H17F2N3O. The van der Waals surface area contributed by atoms with Crippen LogP contribution in [0.2, 0.25) is 0 Å². The maximum absolute atomic E-state index is 12.3. The fourth-order valence-electron chi connectivity index (χ4n) is 2.07. The van der Waals surface area contributed by atoms with Gasteiger partial charge in [-0.3, -0.25) is 0 Å². The zero-order valence-corrected chi connectivity index (χ0v) is 11.2. The van der Waals surface area contributed by atoms with E-state index in [1.165, 1.54) is 6.07 Å². The molecule has 0 spiro atoms. The van der Waals surface area contributed by atoms with Gasteiger partial charge in [0.25, 0.3) is 0 Å². The van der Waals surface area contributed by atoms with Gasteiger partial charge in [0.2, 0.25) is 0 Å². The van der Waals surface area contributed by atoms with E-state index in [2.05, 4.69) is 9.72 Å². The normalized spacial score (nSPS) is 12.7. The second-order valence-electron chi connectivity index (χ2n) is 4.52. The standard InChI is InChI=1S/C14H17F2N3O/c1-19-9-8-18-13(19)7-6-11(17)10-4-2-3-5-12(10)20-14(15)16/h2-5,8-9,11,14H,6-7,17H2,1H3. The minimum absolute atomic E-state index is 0.134. The number of nitrogens with zero attached hydrogens (tertiary/aromatic N) is 2. The number of alkyl halides is 2. The molecule has 1 heterocycles. The molecule has 4 nitrogen and oxygen atoms in total. The Morgan fingerprint density at radius 1 is 1.35 bits per heavy atom. The first-order chi connectivity index (χ1) is 9.58. The Labute approximate surface area is 116 Å². The van der Waals surface area contributed by atoms with Crippen LogP contribution in [0.25, 0.3) is 0 Å². The number of ether oxygens (including phenoxy) is 1. The summed E-state index contributed by atoms with van der Waals surface area (Å²) in [7, 11) is 1.90. The molecule has 0 aliphatic rings. The maximum atomic E-state index is 12.3. The Kier molecular flexibility index (Phi) is 4.68. The summed E-state index contributed by atoms with van der Waals surface area (Å²) in [5.41, 5.74) is 6.66. The zero-order chi connectivity index (χ0) is 14.5. The van der Waals surface area contributed by atoms with E-state index in [9.17, 15) is 8.78 Å². The third kappa shape index (κ3) is 3.54. The van der Waals surface area contributed by atoms with Crippen LogP contribution in [-0.4, -0.2) is 16.2 Å². The lowest BCUT2D eigenvalue weighted by Gasteiger charge is -2.16. The first kappa shape index (κ1) is 14.5. The predicted octanol–water partition coefficient (Wildman–Crippen LogP) is 2.65. The average Bonchev–Trinajstić information content (AvgIpc) is 2.81. The molecule has 0 radical (unpaired) electrons. The summed E-state index contributed by atoms with van der Waals surface area (Å²) in [5.74, 6) is 1.04. The van der Waals surface area contributed by atoms with Gasteiger partial charge in [-0.25, -0.2) is 4.98 Å². The lowest BCUT2D eigenvalue weighted by atomic mass is 10.0. The predicted molar refractivity (Wildman–Crippen MR) is 71.5 cm³/mol. The van der Waals surface area contributed by atoms with Crippen LogP contribution < -0.4 is 10.5 Å². The van der Waals surface area contributed by atoms with E-state index in [0.29, 0.717) is 18.4 Å². The van der Waals surface area contributed by atoms with Crippen LogP contribution in [-0.2, 0) is 13.5 Å². The molecule has 0 aliphatic heterocycles. The fourth-order valence-corrected chi connectivity index (χ4v) is 2.07. The third-order valence-electron chi connectivity index (χ3n) is 3.13. The van der Waals surface area contributed by atoms with Gasteiger partial charge in [0.15, 0.2) is 0 Å². The summed E-state index contributed by atoms with van der Waals surface area (Å²) in [6.45, 7) is -2.85. The Morgan fingerprint density at radius 3 is 2.75 bits per heavy atom. The molecule has 20 heavy (non-hydrogen) atoms. The number of para-hydroxylation sites is 1. The van der Waals surface area contributed by atoms with Crippen LogP contribution in [0.15, 0.2) is 36.7 Å². The smallest absolute Gasteiger partial charge is 0.387 e. The van der Waals surface area contributed by atoms with Crippen molar-refractivity contribution in [3.8, 4) is 5.75 Å². The molecule has 2 rings (SSSR count). The number of imidazole rings is 1. The molecule has 0 saturated heterocycles. The van der Waals surface area contributed by atoms with Gasteiger partial charge >= 0.3 is 6.61 Å². The number of aromatic nitrogens is 2. The van der Waals surface area contributed by atoms with E-state index in [1.54, 1.807) is 24.4 Å². The van der Waals surface area contributed by atoms with Gasteiger partial charge in [-0.1, -0.05) is 18.2 Å². The minimum atomic E-state index is -2.85. The van der Waals surface area contributed by atoms with E-state index in [4.69, 9.17) is 5.73 Å². The van der Waals surface area contributed by atoms with Crippen LogP contribution in [0, 0.1) is 0 Å². The summed E-state index contributed by atoms with van der Waals surface area (Å²) in [6, 6.07) is 6.24. The fraction of sp³-hybridized carbons (Fsp3) is 0.357. The quantitative estimate of drug-likeness (QED) is 0.885. The van der Waals surface area contributed by atoms with E-state index < -0.39 is 6.61 Å². The summed E-state index contributed by atoms with van der Waals surface area (Å²) in [5, 5.41) is 0. The highest BCUT2D eigenvalue weighted by molar-refractivity contribution is 5.35. The molecule has 1 unspecified atom stereocenters. The van der Waals surface area contributed by atoms with Crippen molar-refractivity contribution in [2.75, 3.05) is 0 Å². The maximum Gasteiger partial charge on any atom is 0.387 e. The van der Waals surface area contributed by atoms with Gasteiger partial charge in [0.05, 0.1) is 0 Å². The van der Waals surface area contributed by atoms with Crippen LogP contribution in [0.5, 0.6) is 5.75 Å². The van der Waals surface area contributed by atoms with Crippen molar-refractivity contribution in [3.05, 3.63) is 48.0 Å². The Hall–Kier alpha value is -1.95. The first-order valence-electron chi connectivity index (χ1n) is 6.33. The van der Waals surface area contributed by atoms with E-state index in [1.807, 2.05) is 17.8 Å². The van der Waals surface area contributed by atoms with Crippen LogP contribution in [0.1, 0.15) is 23.9 Å². The Morgan fingerprint density at radius 2 is 2.10 bits per heavy atom. The van der Waals surface area contributed by atoms with Gasteiger partial charge in [0.1, 0.15) is 11.6 Å². The molecule has 0 bridgehead atoms. The van der Waals surface area contributed by atoms with Crippen molar-refractivity contribution < 1.29 is 13.5 Å². The molecule has 0 aliphatic carbocycles. The van der Waals surface area contributed by atoms with Crippen molar-refractivity contribution in [1.82, 2.24) is 9.55 Å². The topological polar surface area (TPSA) is 53.1 Å². The molecule has 0 amide bonds. The van der Waals surface area contributed by atoms with E-state index in [0.717, 1.165) is 5.82 Å². The van der Waals surface area contributed by atoms with Crippen molar-refractivity contribution in [1.29, 1.82) is 0 Å². The molecule has 1 aromatic heterocycles. The first-order valence-corrected chi connectivity index (χ1v) is 6.33. The molecule has 2 N–H and O–H groups in total. The number of benzene rings is 1. The largest absolute Gasteiger partial charge is 0.434 e. The molecule has 1 atom stereocenters. The van der Waals surface area contributed by atoms with Crippen molar-refractivity contribution in [2.24, 2.45) is 12.8 Å². The molecule has 1 aromatic carbocycles. The lowest BCUT2D eigenvalue weighted by molar-refractivity contribution is -0.0506. The number of halogens is 2. The second kappa shape index (κ2) is 6.47. The van der Waals surface area contributed by atoms with Gasteiger partial charge in [-0.05, 0) is 12.5 Å². The van der Waals surface area contributed by atoms with Crippen LogP contribution in [0.4, 0.5) is 8.78 Å². The number of rotatable bonds is 6.